The van der Waals surface area contributed by atoms with E-state index in [9.17, 15) is 4.79 Å². The third-order valence-electron chi connectivity index (χ3n) is 1.68. The van der Waals surface area contributed by atoms with Crippen LogP contribution in [0.1, 0.15) is 12.8 Å². The monoisotopic (exact) mass is 180 g/mol. The molecular formula is C6H13ClN2O2. The van der Waals surface area contributed by atoms with Gasteiger partial charge >= 0.3 is 5.97 Å². The molecule has 0 amide bonds. The van der Waals surface area contributed by atoms with Gasteiger partial charge in [-0.2, -0.15) is 0 Å². The van der Waals surface area contributed by atoms with Gasteiger partial charge in [-0.05, 0) is 12.8 Å². The fourth-order valence-electron chi connectivity index (χ4n) is 1.03. The van der Waals surface area contributed by atoms with Crippen molar-refractivity contribution >= 4 is 18.4 Å². The summed E-state index contributed by atoms with van der Waals surface area (Å²) in [6.45, 7) is 1.40. The number of halogens is 1. The van der Waals surface area contributed by atoms with Gasteiger partial charge in [-0.25, -0.2) is 0 Å². The number of rotatable bonds is 1. The van der Waals surface area contributed by atoms with E-state index in [2.05, 4.69) is 10.9 Å². The van der Waals surface area contributed by atoms with E-state index in [1.165, 1.54) is 0 Å². The number of carboxylic acids is 1. The van der Waals surface area contributed by atoms with Crippen LogP contribution in [-0.4, -0.2) is 24.2 Å². The maximum atomic E-state index is 10.4. The first-order valence-electron chi connectivity index (χ1n) is 3.49. The molecular weight excluding hydrogens is 168 g/mol. The summed E-state index contributed by atoms with van der Waals surface area (Å²) in [7, 11) is 0. The van der Waals surface area contributed by atoms with Gasteiger partial charge in [0.05, 0.1) is 5.92 Å². The fourth-order valence-corrected chi connectivity index (χ4v) is 1.03. The number of hydrogen-bond donors (Lipinski definition) is 3. The number of hydrazine groups is 1. The highest BCUT2D eigenvalue weighted by atomic mass is 35.5. The van der Waals surface area contributed by atoms with E-state index in [-0.39, 0.29) is 18.3 Å². The Morgan fingerprint density at radius 3 is 2.82 bits per heavy atom. The Hall–Kier alpha value is -0.320. The SMILES string of the molecule is Cl.O=C(O)C1CCCNNC1. The summed E-state index contributed by atoms with van der Waals surface area (Å²) in [5.74, 6) is -0.911. The summed E-state index contributed by atoms with van der Waals surface area (Å²) >= 11 is 0. The van der Waals surface area contributed by atoms with Crippen LogP contribution in [0, 0.1) is 5.92 Å². The summed E-state index contributed by atoms with van der Waals surface area (Å²) in [5.41, 5.74) is 5.77. The van der Waals surface area contributed by atoms with Crippen molar-refractivity contribution in [3.05, 3.63) is 0 Å². The Labute approximate surface area is 71.7 Å². The highest BCUT2D eigenvalue weighted by molar-refractivity contribution is 5.85. The summed E-state index contributed by atoms with van der Waals surface area (Å²) in [6, 6.07) is 0. The first-order valence-corrected chi connectivity index (χ1v) is 3.49. The minimum absolute atomic E-state index is 0. The lowest BCUT2D eigenvalue weighted by Crippen LogP contribution is -2.34. The van der Waals surface area contributed by atoms with Gasteiger partial charge in [0.2, 0.25) is 0 Å². The Balaban J connectivity index is 0.000001000. The molecule has 3 N–H and O–H groups in total. The van der Waals surface area contributed by atoms with Crippen LogP contribution in [0.2, 0.25) is 0 Å². The molecule has 0 bridgehead atoms. The quantitative estimate of drug-likeness (QED) is 0.532. The Morgan fingerprint density at radius 2 is 2.18 bits per heavy atom. The third-order valence-corrected chi connectivity index (χ3v) is 1.68. The van der Waals surface area contributed by atoms with Crippen LogP contribution in [-0.2, 0) is 4.79 Å². The van der Waals surface area contributed by atoms with Gasteiger partial charge < -0.3 is 5.11 Å². The predicted molar refractivity (Wildman–Crippen MR) is 43.6 cm³/mol. The lowest BCUT2D eigenvalue weighted by atomic mass is 10.1. The second-order valence-electron chi connectivity index (χ2n) is 2.49. The molecule has 0 aliphatic carbocycles. The molecule has 0 radical (unpaired) electrons. The first-order chi connectivity index (χ1) is 4.80. The molecule has 0 saturated carbocycles. The molecule has 0 aromatic rings. The highest BCUT2D eigenvalue weighted by Crippen LogP contribution is 2.06. The average Bonchev–Trinajstić information content (AvgIpc) is 2.12. The molecule has 1 heterocycles. The van der Waals surface area contributed by atoms with Crippen molar-refractivity contribution in [2.75, 3.05) is 13.1 Å². The number of hydrogen-bond acceptors (Lipinski definition) is 3. The van der Waals surface area contributed by atoms with Crippen molar-refractivity contribution < 1.29 is 9.90 Å². The standard InChI is InChI=1S/C6H12N2O2.ClH/c9-6(10)5-2-1-3-7-8-4-5;/h5,7-8H,1-4H2,(H,9,10);1H. The van der Waals surface area contributed by atoms with Gasteiger partial charge in [0.25, 0.3) is 0 Å². The average molecular weight is 181 g/mol. The molecule has 0 aromatic heterocycles. The second kappa shape index (κ2) is 5.35. The van der Waals surface area contributed by atoms with E-state index in [1.54, 1.807) is 0 Å². The Kier molecular flexibility index (Phi) is 5.19. The molecule has 11 heavy (non-hydrogen) atoms. The minimum atomic E-state index is -0.698. The van der Waals surface area contributed by atoms with Crippen LogP contribution in [0.3, 0.4) is 0 Å². The van der Waals surface area contributed by atoms with E-state index in [0.29, 0.717) is 6.54 Å². The lowest BCUT2D eigenvalue weighted by Gasteiger charge is -2.06. The number of aliphatic carboxylic acids is 1. The molecule has 1 rings (SSSR count). The van der Waals surface area contributed by atoms with E-state index in [4.69, 9.17) is 5.11 Å². The summed E-state index contributed by atoms with van der Waals surface area (Å²) in [4.78, 5) is 10.4. The van der Waals surface area contributed by atoms with Crippen LogP contribution < -0.4 is 10.9 Å². The van der Waals surface area contributed by atoms with Crippen molar-refractivity contribution in [1.82, 2.24) is 10.9 Å². The predicted octanol–water partition coefficient (Wildman–Crippen LogP) is -0.00300. The molecule has 66 valence electrons. The zero-order chi connectivity index (χ0) is 7.40. The summed E-state index contributed by atoms with van der Waals surface area (Å²) in [5, 5.41) is 8.60. The van der Waals surface area contributed by atoms with Gasteiger partial charge in [-0.15, -0.1) is 12.4 Å². The maximum Gasteiger partial charge on any atom is 0.307 e. The summed E-state index contributed by atoms with van der Waals surface area (Å²) < 4.78 is 0. The third kappa shape index (κ3) is 3.55. The van der Waals surface area contributed by atoms with E-state index >= 15 is 0 Å². The minimum Gasteiger partial charge on any atom is -0.481 e. The molecule has 0 spiro atoms. The van der Waals surface area contributed by atoms with Crippen LogP contribution in [0.15, 0.2) is 0 Å². The van der Waals surface area contributed by atoms with Crippen LogP contribution >= 0.6 is 12.4 Å². The van der Waals surface area contributed by atoms with Crippen LogP contribution in [0.5, 0.6) is 0 Å². The normalized spacial score (nSPS) is 24.9. The molecule has 5 heteroatoms. The molecule has 1 saturated heterocycles. The van der Waals surface area contributed by atoms with Crippen molar-refractivity contribution in [3.63, 3.8) is 0 Å². The number of carboxylic acid groups (broad SMARTS) is 1. The summed E-state index contributed by atoms with van der Waals surface area (Å²) in [6.07, 6.45) is 1.71. The van der Waals surface area contributed by atoms with Gasteiger partial charge in [0.1, 0.15) is 0 Å². The van der Waals surface area contributed by atoms with Crippen molar-refractivity contribution in [2.24, 2.45) is 5.92 Å². The van der Waals surface area contributed by atoms with E-state index in [0.717, 1.165) is 19.4 Å². The van der Waals surface area contributed by atoms with Crippen LogP contribution in [0.25, 0.3) is 0 Å². The Morgan fingerprint density at radius 1 is 1.45 bits per heavy atom. The zero-order valence-corrected chi connectivity index (χ0v) is 6.99. The maximum absolute atomic E-state index is 10.4. The molecule has 1 atom stereocenters. The number of carbonyl (C=O) groups is 1. The first kappa shape index (κ1) is 10.7. The lowest BCUT2D eigenvalue weighted by molar-refractivity contribution is -0.141. The zero-order valence-electron chi connectivity index (χ0n) is 6.17. The van der Waals surface area contributed by atoms with Crippen LogP contribution in [0.4, 0.5) is 0 Å². The molecule has 0 aromatic carbocycles. The highest BCUT2D eigenvalue weighted by Gasteiger charge is 2.17. The van der Waals surface area contributed by atoms with E-state index in [1.807, 2.05) is 0 Å². The van der Waals surface area contributed by atoms with Gasteiger partial charge in [-0.3, -0.25) is 15.6 Å². The molecule has 1 aliphatic rings. The Bertz CT molecular complexity index is 124. The van der Waals surface area contributed by atoms with Gasteiger partial charge in [0, 0.05) is 13.1 Å². The molecule has 1 aliphatic heterocycles. The second-order valence-corrected chi connectivity index (χ2v) is 2.49. The smallest absolute Gasteiger partial charge is 0.307 e. The topological polar surface area (TPSA) is 61.4 Å². The molecule has 4 nitrogen and oxygen atoms in total. The largest absolute Gasteiger partial charge is 0.481 e. The van der Waals surface area contributed by atoms with Crippen molar-refractivity contribution in [2.45, 2.75) is 12.8 Å². The van der Waals surface area contributed by atoms with Gasteiger partial charge in [-0.1, -0.05) is 0 Å². The van der Waals surface area contributed by atoms with Crippen molar-refractivity contribution in [3.8, 4) is 0 Å². The fraction of sp³-hybridized carbons (Fsp3) is 0.833. The number of nitrogens with one attached hydrogen (secondary N) is 2. The van der Waals surface area contributed by atoms with E-state index < -0.39 is 5.97 Å². The molecule has 1 fully saturated rings. The molecule has 1 unspecified atom stereocenters. The van der Waals surface area contributed by atoms with Crippen molar-refractivity contribution in [1.29, 1.82) is 0 Å². The van der Waals surface area contributed by atoms with Gasteiger partial charge in [0.15, 0.2) is 0 Å².